The van der Waals surface area contributed by atoms with Crippen LogP contribution < -0.4 is 10.1 Å². The van der Waals surface area contributed by atoms with Crippen molar-refractivity contribution >= 4 is 17.4 Å². The molecule has 0 unspecified atom stereocenters. The third kappa shape index (κ3) is 4.38. The summed E-state index contributed by atoms with van der Waals surface area (Å²) in [6, 6.07) is 9.70. The van der Waals surface area contributed by atoms with Gasteiger partial charge in [0.2, 0.25) is 0 Å². The van der Waals surface area contributed by atoms with E-state index in [9.17, 15) is 0 Å². The van der Waals surface area contributed by atoms with E-state index in [1.54, 1.807) is 6.07 Å². The minimum absolute atomic E-state index is 0.457. The van der Waals surface area contributed by atoms with Crippen molar-refractivity contribution in [3.8, 4) is 5.75 Å². The van der Waals surface area contributed by atoms with Crippen molar-refractivity contribution in [2.45, 2.75) is 20.3 Å². The van der Waals surface area contributed by atoms with E-state index < -0.39 is 0 Å². The lowest BCUT2D eigenvalue weighted by atomic mass is 10.2. The predicted octanol–water partition coefficient (Wildman–Crippen LogP) is 3.49. The van der Waals surface area contributed by atoms with Gasteiger partial charge in [-0.1, -0.05) is 30.7 Å². The zero-order valence-corrected chi connectivity index (χ0v) is 12.4. The summed E-state index contributed by atoms with van der Waals surface area (Å²) in [6.45, 7) is 5.26. The molecule has 2 rings (SSSR count). The average molecular weight is 292 g/mol. The van der Waals surface area contributed by atoms with Crippen LogP contribution in [0, 0.1) is 6.92 Å². The van der Waals surface area contributed by atoms with Crippen molar-refractivity contribution in [2.75, 3.05) is 18.5 Å². The van der Waals surface area contributed by atoms with Crippen LogP contribution in [0.15, 0.2) is 30.3 Å². The van der Waals surface area contributed by atoms with E-state index in [1.165, 1.54) is 5.56 Å². The maximum atomic E-state index is 5.93. The molecule has 0 bridgehead atoms. The summed E-state index contributed by atoms with van der Waals surface area (Å²) in [5.41, 5.74) is 1.19. The highest BCUT2D eigenvalue weighted by Gasteiger charge is 2.01. The van der Waals surface area contributed by atoms with E-state index in [1.807, 2.05) is 38.1 Å². The van der Waals surface area contributed by atoms with Crippen LogP contribution in [0.1, 0.15) is 18.3 Å². The summed E-state index contributed by atoms with van der Waals surface area (Å²) in [7, 11) is 0. The standard InChI is InChI=1S/C15H18ClN3O/c1-3-14-18-13(16)10-15(19-14)17-7-8-20-12-6-4-5-11(2)9-12/h4-6,9-10H,3,7-8H2,1-2H3,(H,17,18,19). The molecule has 0 saturated carbocycles. The van der Waals surface area contributed by atoms with Crippen LogP contribution in [0.5, 0.6) is 5.75 Å². The minimum atomic E-state index is 0.457. The number of aryl methyl sites for hydroxylation is 2. The lowest BCUT2D eigenvalue weighted by Crippen LogP contribution is -2.13. The summed E-state index contributed by atoms with van der Waals surface area (Å²) in [4.78, 5) is 8.47. The molecule has 0 radical (unpaired) electrons. The molecular formula is C15H18ClN3O. The van der Waals surface area contributed by atoms with Gasteiger partial charge in [0.05, 0.1) is 6.54 Å². The molecule has 0 aliphatic heterocycles. The molecule has 0 saturated heterocycles. The summed E-state index contributed by atoms with van der Waals surface area (Å²) in [6.07, 6.45) is 0.759. The second kappa shape index (κ2) is 7.10. The number of nitrogens with one attached hydrogen (secondary N) is 1. The Balaban J connectivity index is 1.82. The van der Waals surface area contributed by atoms with Crippen LogP contribution in [0.25, 0.3) is 0 Å². The van der Waals surface area contributed by atoms with Gasteiger partial charge in [-0.2, -0.15) is 0 Å². The number of nitrogens with zero attached hydrogens (tertiary/aromatic N) is 2. The van der Waals surface area contributed by atoms with Crippen molar-refractivity contribution in [1.29, 1.82) is 0 Å². The molecule has 1 heterocycles. The lowest BCUT2D eigenvalue weighted by molar-refractivity contribution is 0.332. The third-order valence-electron chi connectivity index (χ3n) is 2.72. The maximum Gasteiger partial charge on any atom is 0.134 e. The Morgan fingerprint density at radius 1 is 1.25 bits per heavy atom. The minimum Gasteiger partial charge on any atom is -0.492 e. The monoisotopic (exact) mass is 291 g/mol. The summed E-state index contributed by atoms with van der Waals surface area (Å²) < 4.78 is 5.66. The van der Waals surface area contributed by atoms with Crippen molar-refractivity contribution < 1.29 is 4.74 Å². The average Bonchev–Trinajstić information content (AvgIpc) is 2.43. The topological polar surface area (TPSA) is 47.0 Å². The van der Waals surface area contributed by atoms with Gasteiger partial charge in [-0.25, -0.2) is 9.97 Å². The first kappa shape index (κ1) is 14.6. The van der Waals surface area contributed by atoms with Crippen LogP contribution in [0.3, 0.4) is 0 Å². The van der Waals surface area contributed by atoms with Gasteiger partial charge in [0.1, 0.15) is 29.2 Å². The number of ether oxygens (including phenoxy) is 1. The molecule has 5 heteroatoms. The van der Waals surface area contributed by atoms with E-state index in [0.717, 1.165) is 23.8 Å². The van der Waals surface area contributed by atoms with Crippen LogP contribution in [-0.4, -0.2) is 23.1 Å². The van der Waals surface area contributed by atoms with E-state index in [0.29, 0.717) is 18.3 Å². The normalized spacial score (nSPS) is 10.3. The molecule has 106 valence electrons. The second-order valence-corrected chi connectivity index (χ2v) is 4.82. The number of benzene rings is 1. The predicted molar refractivity (Wildman–Crippen MR) is 81.6 cm³/mol. The summed E-state index contributed by atoms with van der Waals surface area (Å²) in [5.74, 6) is 2.34. The lowest BCUT2D eigenvalue weighted by Gasteiger charge is -2.09. The van der Waals surface area contributed by atoms with Crippen molar-refractivity contribution in [3.63, 3.8) is 0 Å². The highest BCUT2D eigenvalue weighted by atomic mass is 35.5. The van der Waals surface area contributed by atoms with Gasteiger partial charge in [-0.05, 0) is 24.6 Å². The molecule has 4 nitrogen and oxygen atoms in total. The van der Waals surface area contributed by atoms with E-state index in [2.05, 4.69) is 15.3 Å². The number of halogens is 1. The van der Waals surface area contributed by atoms with E-state index >= 15 is 0 Å². The van der Waals surface area contributed by atoms with Crippen molar-refractivity contribution in [3.05, 3.63) is 46.9 Å². The molecule has 1 aromatic heterocycles. The van der Waals surface area contributed by atoms with Gasteiger partial charge in [-0.3, -0.25) is 0 Å². The van der Waals surface area contributed by atoms with Crippen molar-refractivity contribution in [1.82, 2.24) is 9.97 Å². The fourth-order valence-corrected chi connectivity index (χ4v) is 1.97. The van der Waals surface area contributed by atoms with Gasteiger partial charge in [-0.15, -0.1) is 0 Å². The quantitative estimate of drug-likeness (QED) is 0.654. The van der Waals surface area contributed by atoms with Crippen LogP contribution >= 0.6 is 11.6 Å². The Morgan fingerprint density at radius 2 is 2.10 bits per heavy atom. The van der Waals surface area contributed by atoms with Gasteiger partial charge in [0, 0.05) is 12.5 Å². The fraction of sp³-hybridized carbons (Fsp3) is 0.333. The molecular weight excluding hydrogens is 274 g/mol. The molecule has 0 atom stereocenters. The molecule has 0 aliphatic carbocycles. The van der Waals surface area contributed by atoms with Crippen LogP contribution in [0.2, 0.25) is 5.15 Å². The first-order chi connectivity index (χ1) is 9.67. The summed E-state index contributed by atoms with van der Waals surface area (Å²) >= 11 is 5.93. The van der Waals surface area contributed by atoms with Gasteiger partial charge >= 0.3 is 0 Å². The largest absolute Gasteiger partial charge is 0.492 e. The molecule has 0 fully saturated rings. The van der Waals surface area contributed by atoms with E-state index in [4.69, 9.17) is 16.3 Å². The summed E-state index contributed by atoms with van der Waals surface area (Å²) in [5, 5.41) is 3.64. The van der Waals surface area contributed by atoms with Crippen LogP contribution in [-0.2, 0) is 6.42 Å². The van der Waals surface area contributed by atoms with Crippen LogP contribution in [0.4, 0.5) is 5.82 Å². The number of aromatic nitrogens is 2. The highest BCUT2D eigenvalue weighted by Crippen LogP contribution is 2.13. The first-order valence-electron chi connectivity index (χ1n) is 6.64. The Hall–Kier alpha value is -1.81. The van der Waals surface area contributed by atoms with E-state index in [-0.39, 0.29) is 0 Å². The third-order valence-corrected chi connectivity index (χ3v) is 2.92. The first-order valence-corrected chi connectivity index (χ1v) is 7.02. The fourth-order valence-electron chi connectivity index (χ4n) is 1.77. The number of rotatable bonds is 6. The molecule has 0 aliphatic rings. The maximum absolute atomic E-state index is 5.93. The number of hydrogen-bond acceptors (Lipinski definition) is 4. The van der Waals surface area contributed by atoms with Crippen molar-refractivity contribution in [2.24, 2.45) is 0 Å². The molecule has 2 aromatic rings. The highest BCUT2D eigenvalue weighted by molar-refractivity contribution is 6.29. The Bertz CT molecular complexity index is 575. The zero-order valence-electron chi connectivity index (χ0n) is 11.7. The Labute approximate surface area is 124 Å². The molecule has 20 heavy (non-hydrogen) atoms. The second-order valence-electron chi connectivity index (χ2n) is 4.44. The Kier molecular flexibility index (Phi) is 5.18. The smallest absolute Gasteiger partial charge is 0.134 e. The zero-order chi connectivity index (χ0) is 14.4. The molecule has 1 N–H and O–H groups in total. The number of hydrogen-bond donors (Lipinski definition) is 1. The Morgan fingerprint density at radius 3 is 2.85 bits per heavy atom. The molecule has 0 amide bonds. The van der Waals surface area contributed by atoms with Gasteiger partial charge in [0.15, 0.2) is 0 Å². The molecule has 1 aromatic carbocycles. The molecule has 0 spiro atoms. The number of anilines is 1. The SMILES string of the molecule is CCc1nc(Cl)cc(NCCOc2cccc(C)c2)n1. The van der Waals surface area contributed by atoms with Gasteiger partial charge < -0.3 is 10.1 Å². The van der Waals surface area contributed by atoms with Gasteiger partial charge in [0.25, 0.3) is 0 Å².